The summed E-state index contributed by atoms with van der Waals surface area (Å²) >= 11 is 1.31. The molecule has 0 spiro atoms. The van der Waals surface area contributed by atoms with Gasteiger partial charge in [-0.05, 0) is 12.8 Å². The first-order valence-electron chi connectivity index (χ1n) is 3.50. The molecule has 0 saturated carbocycles. The van der Waals surface area contributed by atoms with Crippen molar-refractivity contribution in [1.82, 2.24) is 9.36 Å². The molecule has 62 valence electrons. The van der Waals surface area contributed by atoms with Crippen molar-refractivity contribution in [2.75, 3.05) is 18.5 Å². The molecule has 0 unspecified atom stereocenters. The van der Waals surface area contributed by atoms with Crippen molar-refractivity contribution in [3.05, 3.63) is 6.33 Å². The van der Waals surface area contributed by atoms with Crippen molar-refractivity contribution >= 4 is 16.7 Å². The summed E-state index contributed by atoms with van der Waals surface area (Å²) in [7, 11) is 0. The Hall–Kier alpha value is -0.710. The SMILES string of the molecule is FCCCCNc1ncns1. The summed E-state index contributed by atoms with van der Waals surface area (Å²) in [5, 5.41) is 3.85. The Balaban J connectivity index is 2.04. The van der Waals surface area contributed by atoms with Gasteiger partial charge in [-0.25, -0.2) is 4.98 Å². The van der Waals surface area contributed by atoms with Crippen LogP contribution in [0.15, 0.2) is 6.33 Å². The summed E-state index contributed by atoms with van der Waals surface area (Å²) in [6.07, 6.45) is 2.96. The Bertz CT molecular complexity index is 178. The lowest BCUT2D eigenvalue weighted by atomic mass is 10.3. The maximum absolute atomic E-state index is 11.6. The van der Waals surface area contributed by atoms with Gasteiger partial charge >= 0.3 is 0 Å². The smallest absolute Gasteiger partial charge is 0.202 e. The van der Waals surface area contributed by atoms with Crippen LogP contribution in [-0.4, -0.2) is 22.6 Å². The highest BCUT2D eigenvalue weighted by Crippen LogP contribution is 2.06. The van der Waals surface area contributed by atoms with Crippen LogP contribution in [0, 0.1) is 0 Å². The van der Waals surface area contributed by atoms with E-state index < -0.39 is 0 Å². The molecule has 0 amide bonds. The fourth-order valence-corrected chi connectivity index (χ4v) is 1.12. The predicted molar refractivity (Wildman–Crippen MR) is 43.6 cm³/mol. The van der Waals surface area contributed by atoms with Crippen LogP contribution in [0.5, 0.6) is 0 Å². The molecule has 1 N–H and O–H groups in total. The minimum Gasteiger partial charge on any atom is -0.360 e. The van der Waals surface area contributed by atoms with E-state index in [1.165, 1.54) is 17.9 Å². The summed E-state index contributed by atoms with van der Waals surface area (Å²) in [4.78, 5) is 3.92. The predicted octanol–water partition coefficient (Wildman–Crippen LogP) is 1.70. The number of halogens is 1. The lowest BCUT2D eigenvalue weighted by molar-refractivity contribution is 0.466. The van der Waals surface area contributed by atoms with E-state index >= 15 is 0 Å². The second kappa shape index (κ2) is 5.01. The number of unbranched alkanes of at least 4 members (excludes halogenated alkanes) is 1. The Labute approximate surface area is 68.8 Å². The molecule has 0 aromatic carbocycles. The Morgan fingerprint density at radius 2 is 2.45 bits per heavy atom. The first-order valence-corrected chi connectivity index (χ1v) is 4.27. The molecule has 1 aromatic heterocycles. The molecule has 5 heteroatoms. The average Bonchev–Trinajstić information content (AvgIpc) is 2.50. The molecule has 1 aromatic rings. The summed E-state index contributed by atoms with van der Waals surface area (Å²) in [6, 6.07) is 0. The van der Waals surface area contributed by atoms with Gasteiger partial charge in [0.1, 0.15) is 6.33 Å². The summed E-state index contributed by atoms with van der Waals surface area (Å²) in [5.41, 5.74) is 0. The number of nitrogens with one attached hydrogen (secondary N) is 1. The quantitative estimate of drug-likeness (QED) is 0.692. The molecule has 11 heavy (non-hydrogen) atoms. The molecule has 0 radical (unpaired) electrons. The summed E-state index contributed by atoms with van der Waals surface area (Å²) < 4.78 is 15.4. The van der Waals surface area contributed by atoms with Gasteiger partial charge < -0.3 is 5.32 Å². The average molecular weight is 175 g/mol. The van der Waals surface area contributed by atoms with Crippen LogP contribution in [0.25, 0.3) is 0 Å². The van der Waals surface area contributed by atoms with Gasteiger partial charge in [0.2, 0.25) is 5.13 Å². The maximum atomic E-state index is 11.6. The lowest BCUT2D eigenvalue weighted by Crippen LogP contribution is -2.00. The Morgan fingerprint density at radius 1 is 1.55 bits per heavy atom. The van der Waals surface area contributed by atoms with Crippen LogP contribution in [0.1, 0.15) is 12.8 Å². The number of nitrogens with zero attached hydrogens (tertiary/aromatic N) is 2. The molecule has 0 aliphatic heterocycles. The molecule has 0 atom stereocenters. The molecule has 0 aliphatic rings. The number of hydrogen-bond acceptors (Lipinski definition) is 4. The van der Waals surface area contributed by atoms with Crippen LogP contribution < -0.4 is 5.32 Å². The number of aromatic nitrogens is 2. The lowest BCUT2D eigenvalue weighted by Gasteiger charge is -1.98. The van der Waals surface area contributed by atoms with E-state index in [0.29, 0.717) is 6.42 Å². The standard InChI is InChI=1S/C6H10FN3S/c7-3-1-2-4-8-6-9-5-10-11-6/h5H,1-4H2,(H,8,9,10). The van der Waals surface area contributed by atoms with Gasteiger partial charge in [-0.2, -0.15) is 4.37 Å². The second-order valence-corrected chi connectivity index (χ2v) is 2.85. The van der Waals surface area contributed by atoms with Crippen LogP contribution >= 0.6 is 11.5 Å². The summed E-state index contributed by atoms with van der Waals surface area (Å²) in [5.74, 6) is 0. The first-order chi connectivity index (χ1) is 5.43. The number of anilines is 1. The number of hydrogen-bond donors (Lipinski definition) is 1. The van der Waals surface area contributed by atoms with Gasteiger partial charge in [0.25, 0.3) is 0 Å². The van der Waals surface area contributed by atoms with Crippen LogP contribution in [-0.2, 0) is 0 Å². The number of rotatable bonds is 5. The Morgan fingerprint density at radius 3 is 3.09 bits per heavy atom. The van der Waals surface area contributed by atoms with Crippen LogP contribution in [0.2, 0.25) is 0 Å². The first kappa shape index (κ1) is 8.39. The van der Waals surface area contributed by atoms with Crippen molar-refractivity contribution in [2.24, 2.45) is 0 Å². The van der Waals surface area contributed by atoms with E-state index in [9.17, 15) is 4.39 Å². The van der Waals surface area contributed by atoms with Crippen LogP contribution in [0.3, 0.4) is 0 Å². The molecule has 0 fully saturated rings. The third kappa shape index (κ3) is 3.27. The Kier molecular flexibility index (Phi) is 3.82. The van der Waals surface area contributed by atoms with E-state index in [0.717, 1.165) is 18.1 Å². The molecule has 0 bridgehead atoms. The van der Waals surface area contributed by atoms with Gasteiger partial charge in [0, 0.05) is 18.1 Å². The van der Waals surface area contributed by atoms with E-state index in [-0.39, 0.29) is 6.67 Å². The van der Waals surface area contributed by atoms with Crippen LogP contribution in [0.4, 0.5) is 9.52 Å². The molecule has 3 nitrogen and oxygen atoms in total. The third-order valence-electron chi connectivity index (χ3n) is 1.20. The molecule has 1 rings (SSSR count). The molecular formula is C6H10FN3S. The highest BCUT2D eigenvalue weighted by Gasteiger charge is 1.92. The van der Waals surface area contributed by atoms with E-state index in [1.807, 2.05) is 0 Å². The van der Waals surface area contributed by atoms with Gasteiger partial charge in [-0.3, -0.25) is 4.39 Å². The monoisotopic (exact) mass is 175 g/mol. The van der Waals surface area contributed by atoms with Crippen molar-refractivity contribution in [2.45, 2.75) is 12.8 Å². The zero-order valence-electron chi connectivity index (χ0n) is 6.09. The fourth-order valence-electron chi connectivity index (χ4n) is 0.666. The van der Waals surface area contributed by atoms with E-state index in [2.05, 4.69) is 14.7 Å². The highest BCUT2D eigenvalue weighted by atomic mass is 32.1. The summed E-state index contributed by atoms with van der Waals surface area (Å²) in [6.45, 7) is 0.539. The minimum atomic E-state index is -0.238. The minimum absolute atomic E-state index is 0.238. The molecule has 0 aliphatic carbocycles. The number of alkyl halides is 1. The topological polar surface area (TPSA) is 37.8 Å². The normalized spacial score (nSPS) is 9.91. The second-order valence-electron chi connectivity index (χ2n) is 2.07. The zero-order valence-corrected chi connectivity index (χ0v) is 6.90. The van der Waals surface area contributed by atoms with Crippen molar-refractivity contribution < 1.29 is 4.39 Å². The highest BCUT2D eigenvalue weighted by molar-refractivity contribution is 7.09. The van der Waals surface area contributed by atoms with Gasteiger partial charge in [-0.15, -0.1) is 0 Å². The molecule has 0 saturated heterocycles. The van der Waals surface area contributed by atoms with Gasteiger partial charge in [0.05, 0.1) is 6.67 Å². The van der Waals surface area contributed by atoms with Gasteiger partial charge in [-0.1, -0.05) is 0 Å². The van der Waals surface area contributed by atoms with E-state index in [4.69, 9.17) is 0 Å². The zero-order chi connectivity index (χ0) is 7.94. The maximum Gasteiger partial charge on any atom is 0.202 e. The molecular weight excluding hydrogens is 165 g/mol. The van der Waals surface area contributed by atoms with Crippen molar-refractivity contribution in [3.63, 3.8) is 0 Å². The third-order valence-corrected chi connectivity index (χ3v) is 1.82. The largest absolute Gasteiger partial charge is 0.360 e. The fraction of sp³-hybridized carbons (Fsp3) is 0.667. The van der Waals surface area contributed by atoms with Gasteiger partial charge in [0.15, 0.2) is 0 Å². The van der Waals surface area contributed by atoms with E-state index in [1.54, 1.807) is 0 Å². The van der Waals surface area contributed by atoms with Crippen molar-refractivity contribution in [3.8, 4) is 0 Å². The van der Waals surface area contributed by atoms with Crippen molar-refractivity contribution in [1.29, 1.82) is 0 Å². The molecule has 1 heterocycles.